The molecule has 6 heteroatoms. The summed E-state index contributed by atoms with van der Waals surface area (Å²) in [6.07, 6.45) is 0. The van der Waals surface area contributed by atoms with Gasteiger partial charge in [-0.25, -0.2) is 4.79 Å². The molecule has 0 spiro atoms. The number of ether oxygens (including phenoxy) is 1. The Morgan fingerprint density at radius 2 is 1.77 bits per heavy atom. The lowest BCUT2D eigenvalue weighted by Gasteiger charge is -2.22. The lowest BCUT2D eigenvalue weighted by Crippen LogP contribution is -2.33. The summed E-state index contributed by atoms with van der Waals surface area (Å²) in [5.41, 5.74) is 4.39. The second-order valence-corrected chi connectivity index (χ2v) is 7.59. The molecule has 1 unspecified atom stereocenters. The molecule has 0 radical (unpaired) electrons. The molecule has 1 atom stereocenters. The number of carbonyl (C=O) groups is 1. The van der Waals surface area contributed by atoms with Crippen LogP contribution in [0.2, 0.25) is 5.02 Å². The average molecular weight is 439 g/mol. The molecule has 0 bridgehead atoms. The summed E-state index contributed by atoms with van der Waals surface area (Å²) in [5.74, 6) is -0.446. The smallest absolute Gasteiger partial charge is 0.339 e. The number of carbonyl (C=O) groups excluding carboxylic acids is 1. The molecule has 3 rings (SSSR count). The van der Waals surface area contributed by atoms with Crippen LogP contribution in [0.25, 0.3) is 0 Å². The average Bonchev–Trinajstić information content (AvgIpc) is 2.73. The van der Waals surface area contributed by atoms with Crippen molar-refractivity contribution in [1.29, 1.82) is 0 Å². The number of nitrogens with one attached hydrogen (secondary N) is 2. The summed E-state index contributed by atoms with van der Waals surface area (Å²) in [6, 6.07) is 23.4. The maximum atomic E-state index is 11.9. The summed E-state index contributed by atoms with van der Waals surface area (Å²) >= 11 is 11.8. The van der Waals surface area contributed by atoms with Gasteiger partial charge in [0.25, 0.3) is 0 Å². The van der Waals surface area contributed by atoms with Gasteiger partial charge in [-0.2, -0.15) is 0 Å². The molecule has 0 aliphatic rings. The van der Waals surface area contributed by atoms with E-state index in [4.69, 9.17) is 28.6 Å². The highest BCUT2D eigenvalue weighted by Crippen LogP contribution is 2.24. The van der Waals surface area contributed by atoms with Gasteiger partial charge in [0.05, 0.1) is 23.2 Å². The quantitative estimate of drug-likeness (QED) is 0.370. The van der Waals surface area contributed by atoms with Crippen molar-refractivity contribution in [2.45, 2.75) is 19.9 Å². The fraction of sp³-hybridized carbons (Fsp3) is 0.167. The molecule has 2 N–H and O–H groups in total. The number of benzene rings is 3. The van der Waals surface area contributed by atoms with Gasteiger partial charge in [-0.15, -0.1) is 0 Å². The van der Waals surface area contributed by atoms with Crippen LogP contribution in [0.15, 0.2) is 72.8 Å². The fourth-order valence-corrected chi connectivity index (χ4v) is 3.61. The molecule has 0 aromatic heterocycles. The molecule has 30 heavy (non-hydrogen) atoms. The van der Waals surface area contributed by atoms with E-state index in [-0.39, 0.29) is 6.04 Å². The Morgan fingerprint density at radius 3 is 2.43 bits per heavy atom. The summed E-state index contributed by atoms with van der Waals surface area (Å²) in [6.45, 7) is 4.11. The zero-order valence-electron chi connectivity index (χ0n) is 16.8. The molecular weight excluding hydrogens is 416 g/mol. The van der Waals surface area contributed by atoms with Crippen LogP contribution in [0.4, 0.5) is 5.69 Å². The monoisotopic (exact) mass is 438 g/mol. The number of halogens is 1. The van der Waals surface area contributed by atoms with Crippen molar-refractivity contribution in [3.05, 3.63) is 100 Å². The molecule has 0 heterocycles. The maximum Gasteiger partial charge on any atom is 0.339 e. The first-order valence-electron chi connectivity index (χ1n) is 9.63. The lowest BCUT2D eigenvalue weighted by atomic mass is 9.97. The van der Waals surface area contributed by atoms with E-state index in [2.05, 4.69) is 47.9 Å². The van der Waals surface area contributed by atoms with E-state index in [0.717, 1.165) is 11.1 Å². The molecule has 0 amide bonds. The SMILES string of the molecule is CCOC(=O)c1ccc(NC(=S)NC(c2ccccc2)c2cccc(C)c2)cc1Cl. The third kappa shape index (κ3) is 5.59. The van der Waals surface area contributed by atoms with Gasteiger partial charge in [0, 0.05) is 5.69 Å². The second-order valence-electron chi connectivity index (χ2n) is 6.77. The highest BCUT2D eigenvalue weighted by molar-refractivity contribution is 7.80. The van der Waals surface area contributed by atoms with Crippen molar-refractivity contribution >= 4 is 40.6 Å². The number of thiocarbonyl (C=S) groups is 1. The topological polar surface area (TPSA) is 50.4 Å². The highest BCUT2D eigenvalue weighted by Gasteiger charge is 2.16. The van der Waals surface area contributed by atoms with Crippen molar-refractivity contribution in [3.8, 4) is 0 Å². The maximum absolute atomic E-state index is 11.9. The van der Waals surface area contributed by atoms with E-state index in [9.17, 15) is 4.79 Å². The Kier molecular flexibility index (Phi) is 7.44. The van der Waals surface area contributed by atoms with Gasteiger partial charge < -0.3 is 15.4 Å². The van der Waals surface area contributed by atoms with Gasteiger partial charge in [0.2, 0.25) is 0 Å². The molecule has 3 aromatic carbocycles. The summed E-state index contributed by atoms with van der Waals surface area (Å²) in [5, 5.41) is 7.29. The van der Waals surface area contributed by atoms with Gasteiger partial charge in [0.1, 0.15) is 0 Å². The van der Waals surface area contributed by atoms with Crippen LogP contribution in [-0.4, -0.2) is 17.7 Å². The van der Waals surface area contributed by atoms with Crippen molar-refractivity contribution < 1.29 is 9.53 Å². The minimum atomic E-state index is -0.446. The van der Waals surface area contributed by atoms with Crippen LogP contribution in [0.5, 0.6) is 0 Å². The zero-order valence-corrected chi connectivity index (χ0v) is 18.4. The van der Waals surface area contributed by atoms with Crippen molar-refractivity contribution in [2.24, 2.45) is 0 Å². The van der Waals surface area contributed by atoms with Crippen LogP contribution >= 0.6 is 23.8 Å². The first-order valence-corrected chi connectivity index (χ1v) is 10.4. The van der Waals surface area contributed by atoms with E-state index >= 15 is 0 Å². The predicted octanol–water partition coefficient (Wildman–Crippen LogP) is 5.90. The summed E-state index contributed by atoms with van der Waals surface area (Å²) in [7, 11) is 0. The largest absolute Gasteiger partial charge is 0.462 e. The molecule has 0 saturated carbocycles. The van der Waals surface area contributed by atoms with Gasteiger partial charge >= 0.3 is 5.97 Å². The number of rotatable bonds is 6. The summed E-state index contributed by atoms with van der Waals surface area (Å²) < 4.78 is 5.01. The molecule has 0 saturated heterocycles. The van der Waals surface area contributed by atoms with Crippen LogP contribution < -0.4 is 10.6 Å². The van der Waals surface area contributed by atoms with Crippen LogP contribution in [0, 0.1) is 6.92 Å². The van der Waals surface area contributed by atoms with Gasteiger partial charge in [0.15, 0.2) is 5.11 Å². The van der Waals surface area contributed by atoms with E-state index in [1.807, 2.05) is 24.3 Å². The molecule has 0 aliphatic heterocycles. The second kappa shape index (κ2) is 10.2. The number of hydrogen-bond acceptors (Lipinski definition) is 3. The molecule has 0 aliphatic carbocycles. The number of aryl methyl sites for hydroxylation is 1. The number of esters is 1. The standard InChI is InChI=1S/C24H23ClN2O2S/c1-3-29-23(28)20-13-12-19(15-21(20)25)26-24(30)27-22(17-9-5-4-6-10-17)18-11-7-8-16(2)14-18/h4-15,22H,3H2,1-2H3,(H2,26,27,30). The Hall–Kier alpha value is -2.89. The van der Waals surface area contributed by atoms with E-state index < -0.39 is 5.97 Å². The molecule has 3 aromatic rings. The third-order valence-corrected chi connectivity index (χ3v) is 5.04. The zero-order chi connectivity index (χ0) is 21.5. The molecule has 154 valence electrons. The normalized spacial score (nSPS) is 11.4. The van der Waals surface area contributed by atoms with Crippen LogP contribution in [0.3, 0.4) is 0 Å². The Morgan fingerprint density at radius 1 is 1.03 bits per heavy atom. The molecule has 0 fully saturated rings. The van der Waals surface area contributed by atoms with Gasteiger partial charge in [-0.3, -0.25) is 0 Å². The fourth-order valence-electron chi connectivity index (χ4n) is 3.12. The van der Waals surface area contributed by atoms with Crippen LogP contribution in [0.1, 0.15) is 40.0 Å². The minimum Gasteiger partial charge on any atom is -0.462 e. The first-order chi connectivity index (χ1) is 14.5. The Labute approximate surface area is 187 Å². The molecule has 4 nitrogen and oxygen atoms in total. The van der Waals surface area contributed by atoms with Gasteiger partial charge in [-0.1, -0.05) is 71.8 Å². The Bertz CT molecular complexity index is 1040. The van der Waals surface area contributed by atoms with E-state index in [1.54, 1.807) is 25.1 Å². The first kappa shape index (κ1) is 21.8. The summed E-state index contributed by atoms with van der Waals surface area (Å²) in [4.78, 5) is 11.9. The van der Waals surface area contributed by atoms with Crippen molar-refractivity contribution in [3.63, 3.8) is 0 Å². The number of anilines is 1. The lowest BCUT2D eigenvalue weighted by molar-refractivity contribution is 0.0526. The third-order valence-electron chi connectivity index (χ3n) is 4.51. The highest BCUT2D eigenvalue weighted by atomic mass is 35.5. The van der Waals surface area contributed by atoms with E-state index in [0.29, 0.717) is 28.0 Å². The minimum absolute atomic E-state index is 0.111. The van der Waals surface area contributed by atoms with E-state index in [1.165, 1.54) is 5.56 Å². The van der Waals surface area contributed by atoms with Crippen LogP contribution in [-0.2, 0) is 4.74 Å². The molecular formula is C24H23ClN2O2S. The van der Waals surface area contributed by atoms with Crippen molar-refractivity contribution in [2.75, 3.05) is 11.9 Å². The van der Waals surface area contributed by atoms with Crippen molar-refractivity contribution in [1.82, 2.24) is 5.32 Å². The van der Waals surface area contributed by atoms with Gasteiger partial charge in [-0.05, 0) is 55.4 Å². The predicted molar refractivity (Wildman–Crippen MR) is 126 cm³/mol. The number of hydrogen-bond donors (Lipinski definition) is 2. The Balaban J connectivity index is 1.78.